The molecule has 0 rings (SSSR count). The van der Waals surface area contributed by atoms with Crippen molar-refractivity contribution in [1.82, 2.24) is 0 Å². The molecule has 0 aliphatic carbocycles. The number of hydrogen-bond donors (Lipinski definition) is 0. The van der Waals surface area contributed by atoms with Gasteiger partial charge in [0, 0.05) is 0 Å². The number of unbranched alkanes of at least 4 members (excludes halogenated alkanes) is 15. The number of rotatable bonds is 18. The monoisotopic (exact) mass is 550 g/mol. The fraction of sp³-hybridized carbons (Fsp3) is 1.00. The van der Waals surface area contributed by atoms with Crippen LogP contribution in [0.15, 0.2) is 0 Å². The molecular formula is C24H51InS3. The Labute approximate surface area is 216 Å². The van der Waals surface area contributed by atoms with Gasteiger partial charge in [-0.2, -0.15) is 17.3 Å². The first-order valence-electron chi connectivity index (χ1n) is 12.0. The standard InChI is InChI=1S/3C8H18S.In/c3*1-2-3-4-5-6-7-8-9;/h3*9H,2-8H2,1H3;/q;;;+3/p-3. The van der Waals surface area contributed by atoms with E-state index in [0.29, 0.717) is 0 Å². The first-order valence-corrected chi connectivity index (χ1v) is 13.7. The van der Waals surface area contributed by atoms with Crippen molar-refractivity contribution in [3.05, 3.63) is 0 Å². The van der Waals surface area contributed by atoms with E-state index in [1.165, 1.54) is 116 Å². The van der Waals surface area contributed by atoms with Crippen LogP contribution in [-0.4, -0.2) is 43.1 Å². The second kappa shape index (κ2) is 42.9. The predicted molar refractivity (Wildman–Crippen MR) is 143 cm³/mol. The van der Waals surface area contributed by atoms with Crippen molar-refractivity contribution in [3.8, 4) is 0 Å². The van der Waals surface area contributed by atoms with Crippen LogP contribution in [0.1, 0.15) is 136 Å². The van der Waals surface area contributed by atoms with Crippen molar-refractivity contribution in [3.63, 3.8) is 0 Å². The Morgan fingerprint density at radius 3 is 0.679 bits per heavy atom. The van der Waals surface area contributed by atoms with E-state index in [0.717, 1.165) is 17.3 Å². The third-order valence-electron chi connectivity index (χ3n) is 4.49. The van der Waals surface area contributed by atoms with E-state index in [9.17, 15) is 0 Å². The van der Waals surface area contributed by atoms with Gasteiger partial charge >= 0.3 is 25.8 Å². The summed E-state index contributed by atoms with van der Waals surface area (Å²) in [6.07, 6.45) is 24.4. The Bertz CT molecular complexity index is 153. The third kappa shape index (κ3) is 51.0. The van der Waals surface area contributed by atoms with E-state index >= 15 is 0 Å². The van der Waals surface area contributed by atoms with Crippen LogP contribution in [0.3, 0.4) is 0 Å². The van der Waals surface area contributed by atoms with Crippen LogP contribution in [0, 0.1) is 0 Å². The minimum absolute atomic E-state index is 0. The fourth-order valence-corrected chi connectivity index (χ4v) is 3.26. The molecule has 0 aromatic rings. The molecule has 0 aliphatic heterocycles. The molecule has 0 bridgehead atoms. The molecule has 0 aliphatic rings. The van der Waals surface area contributed by atoms with Gasteiger partial charge in [0.1, 0.15) is 0 Å². The molecule has 0 atom stereocenters. The molecular weight excluding hydrogens is 499 g/mol. The van der Waals surface area contributed by atoms with E-state index in [2.05, 4.69) is 20.8 Å². The molecule has 4 heteroatoms. The maximum atomic E-state index is 4.83. The molecule has 168 valence electrons. The number of hydrogen-bond acceptors (Lipinski definition) is 3. The van der Waals surface area contributed by atoms with Gasteiger partial charge < -0.3 is 37.9 Å². The molecule has 0 fully saturated rings. The van der Waals surface area contributed by atoms with Crippen LogP contribution in [0.4, 0.5) is 0 Å². The van der Waals surface area contributed by atoms with Crippen LogP contribution in [0.25, 0.3) is 0 Å². The Kier molecular flexibility index (Phi) is 57.1. The molecule has 0 saturated carbocycles. The molecule has 0 amide bonds. The van der Waals surface area contributed by atoms with Crippen molar-refractivity contribution in [1.29, 1.82) is 0 Å². The minimum atomic E-state index is 0. The second-order valence-corrected chi connectivity index (χ2v) is 8.64. The summed E-state index contributed by atoms with van der Waals surface area (Å²) >= 11 is 14.5. The van der Waals surface area contributed by atoms with Gasteiger partial charge in [-0.1, -0.05) is 136 Å². The Hall–Kier alpha value is 1.92. The smallest absolute Gasteiger partial charge is 0.793 e. The van der Waals surface area contributed by atoms with Crippen LogP contribution >= 0.6 is 0 Å². The summed E-state index contributed by atoms with van der Waals surface area (Å²) in [7, 11) is 0. The zero-order chi connectivity index (χ0) is 20.8. The molecule has 0 aromatic heterocycles. The van der Waals surface area contributed by atoms with Crippen molar-refractivity contribution >= 4 is 63.7 Å². The molecule has 0 unspecified atom stereocenters. The van der Waals surface area contributed by atoms with Crippen LogP contribution < -0.4 is 0 Å². The van der Waals surface area contributed by atoms with E-state index in [1.807, 2.05) is 0 Å². The predicted octanol–water partition coefficient (Wildman–Crippen LogP) is 8.30. The fourth-order valence-electron chi connectivity index (χ4n) is 2.65. The van der Waals surface area contributed by atoms with Gasteiger partial charge in [0.15, 0.2) is 0 Å². The molecule has 0 aromatic carbocycles. The Morgan fingerprint density at radius 1 is 0.321 bits per heavy atom. The summed E-state index contributed by atoms with van der Waals surface area (Å²) in [5.74, 6) is 2.85. The Morgan fingerprint density at radius 2 is 0.500 bits per heavy atom. The van der Waals surface area contributed by atoms with Crippen LogP contribution in [-0.2, 0) is 37.9 Å². The zero-order valence-electron chi connectivity index (χ0n) is 19.7. The quantitative estimate of drug-likeness (QED) is 0.124. The van der Waals surface area contributed by atoms with Gasteiger partial charge in [0.05, 0.1) is 0 Å². The van der Waals surface area contributed by atoms with E-state index < -0.39 is 0 Å². The van der Waals surface area contributed by atoms with Gasteiger partial charge in [-0.3, -0.25) is 0 Å². The first kappa shape index (κ1) is 37.2. The summed E-state index contributed by atoms with van der Waals surface area (Å²) in [6.45, 7) is 6.73. The maximum Gasteiger partial charge on any atom is 3.00 e. The van der Waals surface area contributed by atoms with Crippen molar-refractivity contribution in [2.24, 2.45) is 0 Å². The molecule has 28 heavy (non-hydrogen) atoms. The molecule has 0 radical (unpaired) electrons. The SMILES string of the molecule is CCCCCCCC[S-].CCCCCCCC[S-].CCCCCCCC[S-].[In+3]. The normalized spacial score (nSPS) is 9.64. The summed E-state index contributed by atoms with van der Waals surface area (Å²) in [4.78, 5) is 0. The maximum absolute atomic E-state index is 4.83. The summed E-state index contributed by atoms with van der Waals surface area (Å²) < 4.78 is 0. The van der Waals surface area contributed by atoms with Crippen molar-refractivity contribution in [2.45, 2.75) is 136 Å². The van der Waals surface area contributed by atoms with Gasteiger partial charge in [0.2, 0.25) is 0 Å². The van der Waals surface area contributed by atoms with Crippen molar-refractivity contribution < 1.29 is 0 Å². The van der Waals surface area contributed by atoms with Gasteiger partial charge in [-0.25, -0.2) is 0 Å². The summed E-state index contributed by atoms with van der Waals surface area (Å²) in [5.41, 5.74) is 0. The van der Waals surface area contributed by atoms with Gasteiger partial charge in [-0.05, 0) is 0 Å². The molecule has 0 N–H and O–H groups in total. The second-order valence-electron chi connectivity index (χ2n) is 7.42. The average molecular weight is 551 g/mol. The topological polar surface area (TPSA) is 0 Å². The summed E-state index contributed by atoms with van der Waals surface area (Å²) in [6, 6.07) is 0. The van der Waals surface area contributed by atoms with Gasteiger partial charge in [0.25, 0.3) is 0 Å². The van der Waals surface area contributed by atoms with E-state index in [4.69, 9.17) is 37.9 Å². The Balaban J connectivity index is -0.000000152. The van der Waals surface area contributed by atoms with Crippen LogP contribution in [0.5, 0.6) is 0 Å². The largest absolute Gasteiger partial charge is 3.00 e. The van der Waals surface area contributed by atoms with Gasteiger partial charge in [-0.15, -0.1) is 0 Å². The molecule has 0 heterocycles. The first-order chi connectivity index (χ1) is 13.2. The minimum Gasteiger partial charge on any atom is -0.793 e. The molecule has 0 nitrogen and oxygen atoms in total. The average Bonchev–Trinajstić information content (AvgIpc) is 2.69. The zero-order valence-corrected chi connectivity index (χ0v) is 25.4. The van der Waals surface area contributed by atoms with E-state index in [1.54, 1.807) is 0 Å². The molecule has 0 spiro atoms. The van der Waals surface area contributed by atoms with Crippen LogP contribution in [0.2, 0.25) is 0 Å². The molecule has 0 saturated heterocycles. The van der Waals surface area contributed by atoms with Crippen molar-refractivity contribution in [2.75, 3.05) is 17.3 Å². The third-order valence-corrected chi connectivity index (χ3v) is 5.36. The van der Waals surface area contributed by atoms with E-state index in [-0.39, 0.29) is 25.8 Å². The summed E-state index contributed by atoms with van der Waals surface area (Å²) in [5, 5.41) is 0.